The van der Waals surface area contributed by atoms with Gasteiger partial charge in [0.2, 0.25) is 0 Å². The third-order valence-electron chi connectivity index (χ3n) is 5.17. The number of carboxylic acids is 1. The van der Waals surface area contributed by atoms with Gasteiger partial charge in [-0.1, -0.05) is 26.2 Å². The van der Waals surface area contributed by atoms with Crippen LogP contribution in [0.2, 0.25) is 0 Å². The minimum atomic E-state index is -0.803. The largest absolute Gasteiger partial charge is 0.481 e. The monoisotopic (exact) mass is 296 g/mol. The van der Waals surface area contributed by atoms with E-state index in [-0.39, 0.29) is 12.1 Å². The molecule has 120 valence electrons. The third kappa shape index (κ3) is 3.89. The fraction of sp³-hybridized carbons (Fsp3) is 0.875. The summed E-state index contributed by atoms with van der Waals surface area (Å²) in [6.07, 6.45) is 7.27. The van der Waals surface area contributed by atoms with Crippen LogP contribution >= 0.6 is 0 Å². The molecule has 3 atom stereocenters. The van der Waals surface area contributed by atoms with Crippen LogP contribution in [0.5, 0.6) is 0 Å². The highest BCUT2D eigenvalue weighted by Gasteiger charge is 2.39. The summed E-state index contributed by atoms with van der Waals surface area (Å²) in [5.41, 5.74) is -0.801. The Labute approximate surface area is 127 Å². The van der Waals surface area contributed by atoms with Crippen LogP contribution in [-0.2, 0) is 4.79 Å². The van der Waals surface area contributed by atoms with E-state index in [1.54, 1.807) is 11.8 Å². The molecule has 0 aromatic carbocycles. The van der Waals surface area contributed by atoms with E-state index in [1.165, 1.54) is 19.3 Å². The molecule has 5 nitrogen and oxygen atoms in total. The standard InChI is InChI=1S/C16H28N2O3/c1-12-7-4-3-5-8-13(12)17-15(21)18-10-6-9-16(2,11-18)14(19)20/h12-13H,3-11H2,1-2H3,(H,17,21)(H,19,20). The first-order chi connectivity index (χ1) is 9.92. The lowest BCUT2D eigenvalue weighted by Gasteiger charge is -2.38. The molecule has 1 saturated carbocycles. The van der Waals surface area contributed by atoms with Gasteiger partial charge in [0, 0.05) is 19.1 Å². The van der Waals surface area contributed by atoms with Crippen molar-refractivity contribution in [3.63, 3.8) is 0 Å². The first kappa shape index (κ1) is 16.1. The van der Waals surface area contributed by atoms with Crippen molar-refractivity contribution in [3.8, 4) is 0 Å². The van der Waals surface area contributed by atoms with Gasteiger partial charge in [-0.25, -0.2) is 4.79 Å². The van der Waals surface area contributed by atoms with E-state index in [2.05, 4.69) is 12.2 Å². The topological polar surface area (TPSA) is 69.6 Å². The highest BCUT2D eigenvalue weighted by Crippen LogP contribution is 2.30. The van der Waals surface area contributed by atoms with Gasteiger partial charge < -0.3 is 15.3 Å². The van der Waals surface area contributed by atoms with Gasteiger partial charge in [0.25, 0.3) is 0 Å². The number of urea groups is 1. The van der Waals surface area contributed by atoms with Crippen LogP contribution in [0, 0.1) is 11.3 Å². The van der Waals surface area contributed by atoms with Gasteiger partial charge in [-0.2, -0.15) is 0 Å². The Balaban J connectivity index is 1.94. The van der Waals surface area contributed by atoms with Crippen molar-refractivity contribution in [2.24, 2.45) is 11.3 Å². The predicted molar refractivity (Wildman–Crippen MR) is 81.1 cm³/mol. The van der Waals surface area contributed by atoms with Crippen LogP contribution in [0.25, 0.3) is 0 Å². The molecular weight excluding hydrogens is 268 g/mol. The van der Waals surface area contributed by atoms with E-state index in [0.29, 0.717) is 25.4 Å². The fourth-order valence-electron chi connectivity index (χ4n) is 3.54. The molecule has 0 aromatic heterocycles. The number of hydrogen-bond acceptors (Lipinski definition) is 2. The summed E-state index contributed by atoms with van der Waals surface area (Å²) in [5.74, 6) is -0.296. The lowest BCUT2D eigenvalue weighted by atomic mass is 9.82. The number of nitrogens with zero attached hydrogens (tertiary/aromatic N) is 1. The van der Waals surface area contributed by atoms with Gasteiger partial charge in [0.15, 0.2) is 0 Å². The van der Waals surface area contributed by atoms with Crippen LogP contribution in [0.3, 0.4) is 0 Å². The van der Waals surface area contributed by atoms with Crippen molar-refractivity contribution >= 4 is 12.0 Å². The number of aliphatic carboxylic acids is 1. The minimum Gasteiger partial charge on any atom is -0.481 e. The number of hydrogen-bond donors (Lipinski definition) is 2. The molecule has 1 saturated heterocycles. The van der Waals surface area contributed by atoms with Crippen LogP contribution in [-0.4, -0.2) is 41.1 Å². The first-order valence-electron chi connectivity index (χ1n) is 8.21. The number of likely N-dealkylation sites (tertiary alicyclic amines) is 1. The van der Waals surface area contributed by atoms with Crippen molar-refractivity contribution < 1.29 is 14.7 Å². The zero-order valence-corrected chi connectivity index (χ0v) is 13.2. The van der Waals surface area contributed by atoms with Gasteiger partial charge in [0.05, 0.1) is 5.41 Å². The number of carboxylic acid groups (broad SMARTS) is 1. The van der Waals surface area contributed by atoms with E-state index >= 15 is 0 Å². The summed E-state index contributed by atoms with van der Waals surface area (Å²) < 4.78 is 0. The summed E-state index contributed by atoms with van der Waals surface area (Å²) >= 11 is 0. The summed E-state index contributed by atoms with van der Waals surface area (Å²) in [6, 6.07) is 0.152. The molecule has 3 unspecified atom stereocenters. The number of amides is 2. The molecule has 0 spiro atoms. The maximum absolute atomic E-state index is 12.5. The average molecular weight is 296 g/mol. The molecule has 0 radical (unpaired) electrons. The molecule has 2 rings (SSSR count). The third-order valence-corrected chi connectivity index (χ3v) is 5.17. The fourth-order valence-corrected chi connectivity index (χ4v) is 3.54. The second kappa shape index (κ2) is 6.67. The van der Waals surface area contributed by atoms with Gasteiger partial charge in [0.1, 0.15) is 0 Å². The van der Waals surface area contributed by atoms with E-state index in [9.17, 15) is 14.7 Å². The zero-order chi connectivity index (χ0) is 15.5. The summed E-state index contributed by atoms with van der Waals surface area (Å²) in [6.45, 7) is 4.92. The van der Waals surface area contributed by atoms with Crippen LogP contribution in [0.4, 0.5) is 4.79 Å². The average Bonchev–Trinajstić information content (AvgIpc) is 2.64. The Hall–Kier alpha value is -1.26. The van der Waals surface area contributed by atoms with Gasteiger partial charge in [-0.3, -0.25) is 4.79 Å². The highest BCUT2D eigenvalue weighted by molar-refractivity contribution is 5.78. The normalized spacial score (nSPS) is 34.1. The van der Waals surface area contributed by atoms with Gasteiger partial charge >= 0.3 is 12.0 Å². The summed E-state index contributed by atoms with van der Waals surface area (Å²) in [5, 5.41) is 12.5. The minimum absolute atomic E-state index is 0.0825. The zero-order valence-electron chi connectivity index (χ0n) is 13.2. The van der Waals surface area contributed by atoms with Gasteiger partial charge in [-0.05, 0) is 38.5 Å². The number of rotatable bonds is 2. The molecule has 2 N–H and O–H groups in total. The molecule has 0 bridgehead atoms. The molecular formula is C16H28N2O3. The number of nitrogens with one attached hydrogen (secondary N) is 1. The second-order valence-electron chi connectivity index (χ2n) is 7.06. The molecule has 1 heterocycles. The molecule has 21 heavy (non-hydrogen) atoms. The molecule has 1 aliphatic heterocycles. The molecule has 0 aromatic rings. The molecule has 2 aliphatic rings. The molecule has 2 fully saturated rings. The predicted octanol–water partition coefficient (Wildman–Crippen LogP) is 2.85. The quantitative estimate of drug-likeness (QED) is 0.770. The van der Waals surface area contributed by atoms with E-state index < -0.39 is 11.4 Å². The Morgan fingerprint density at radius 3 is 2.62 bits per heavy atom. The van der Waals surface area contributed by atoms with Crippen molar-refractivity contribution in [3.05, 3.63) is 0 Å². The molecule has 2 amide bonds. The van der Waals surface area contributed by atoms with Gasteiger partial charge in [-0.15, -0.1) is 0 Å². The Bertz CT molecular complexity index is 399. The van der Waals surface area contributed by atoms with Crippen LogP contribution in [0.15, 0.2) is 0 Å². The van der Waals surface area contributed by atoms with Crippen LogP contribution in [0.1, 0.15) is 58.8 Å². The summed E-state index contributed by atoms with van der Waals surface area (Å²) in [7, 11) is 0. The van der Waals surface area contributed by atoms with Crippen molar-refractivity contribution in [2.75, 3.05) is 13.1 Å². The number of piperidine rings is 1. The summed E-state index contributed by atoms with van der Waals surface area (Å²) in [4.78, 5) is 25.5. The lowest BCUT2D eigenvalue weighted by molar-refractivity contribution is -0.150. The van der Waals surface area contributed by atoms with E-state index in [4.69, 9.17) is 0 Å². The van der Waals surface area contributed by atoms with Crippen molar-refractivity contribution in [2.45, 2.75) is 64.8 Å². The smallest absolute Gasteiger partial charge is 0.317 e. The van der Waals surface area contributed by atoms with Crippen molar-refractivity contribution in [1.29, 1.82) is 0 Å². The molecule has 1 aliphatic carbocycles. The van der Waals surface area contributed by atoms with Crippen LogP contribution < -0.4 is 5.32 Å². The maximum atomic E-state index is 12.5. The van der Waals surface area contributed by atoms with E-state index in [1.807, 2.05) is 0 Å². The second-order valence-corrected chi connectivity index (χ2v) is 7.06. The van der Waals surface area contributed by atoms with Crippen molar-refractivity contribution in [1.82, 2.24) is 10.2 Å². The Morgan fingerprint density at radius 2 is 1.90 bits per heavy atom. The maximum Gasteiger partial charge on any atom is 0.317 e. The Morgan fingerprint density at radius 1 is 1.19 bits per heavy atom. The number of carbonyl (C=O) groups is 2. The highest BCUT2D eigenvalue weighted by atomic mass is 16.4. The lowest BCUT2D eigenvalue weighted by Crippen LogP contribution is -2.54. The first-order valence-corrected chi connectivity index (χ1v) is 8.21. The Kier molecular flexibility index (Phi) is 5.12. The number of carbonyl (C=O) groups excluding carboxylic acids is 1. The molecule has 5 heteroatoms. The van der Waals surface area contributed by atoms with E-state index in [0.717, 1.165) is 19.3 Å². The SMILES string of the molecule is CC1CCCCCC1NC(=O)N1CCCC(C)(C(=O)O)C1.